The molecule has 0 fully saturated rings. The van der Waals surface area contributed by atoms with E-state index in [-0.39, 0.29) is 11.2 Å². The number of nitrogens with zero attached hydrogens (tertiary/aromatic N) is 2. The Labute approximate surface area is 201 Å². The van der Waals surface area contributed by atoms with Gasteiger partial charge in [-0.3, -0.25) is 9.36 Å². The molecule has 0 amide bonds. The Hall–Kier alpha value is -2.61. The van der Waals surface area contributed by atoms with E-state index < -0.39 is 0 Å². The van der Waals surface area contributed by atoms with Crippen LogP contribution in [0, 0.1) is 0 Å². The predicted octanol–water partition coefficient (Wildman–Crippen LogP) is 5.99. The molecule has 3 heterocycles. The normalized spacial score (nSPS) is 14.9. The molecule has 0 saturated carbocycles. The van der Waals surface area contributed by atoms with E-state index in [9.17, 15) is 4.79 Å². The van der Waals surface area contributed by atoms with E-state index in [0.29, 0.717) is 24.8 Å². The van der Waals surface area contributed by atoms with Crippen LogP contribution in [0.4, 0.5) is 0 Å². The van der Waals surface area contributed by atoms with Crippen LogP contribution in [0.5, 0.6) is 5.75 Å². The average Bonchev–Trinajstić information content (AvgIpc) is 3.16. The van der Waals surface area contributed by atoms with E-state index in [4.69, 9.17) is 14.5 Å². The van der Waals surface area contributed by atoms with Crippen LogP contribution >= 0.6 is 23.1 Å². The van der Waals surface area contributed by atoms with E-state index in [1.807, 2.05) is 49.4 Å². The van der Waals surface area contributed by atoms with Gasteiger partial charge in [-0.25, -0.2) is 4.98 Å². The van der Waals surface area contributed by atoms with Gasteiger partial charge in [0.05, 0.1) is 29.9 Å². The molecule has 0 unspecified atom stereocenters. The van der Waals surface area contributed by atoms with Crippen molar-refractivity contribution < 1.29 is 9.47 Å². The molecule has 0 saturated heterocycles. The van der Waals surface area contributed by atoms with Gasteiger partial charge in [0.1, 0.15) is 10.6 Å². The molecule has 7 heteroatoms. The summed E-state index contributed by atoms with van der Waals surface area (Å²) in [5.74, 6) is 1.52. The van der Waals surface area contributed by atoms with Crippen molar-refractivity contribution in [3.8, 4) is 11.4 Å². The standard InChI is InChI=1S/C26H26N2O3S2/c1-4-30-19-12-10-18(11-13-19)28-24(29)22-20-14-26(2,3)31-15-21(20)33-23(22)27-25(28)32-16-17-8-6-5-7-9-17/h5-13H,4,14-16H2,1-3H3. The van der Waals surface area contributed by atoms with Gasteiger partial charge in [0.25, 0.3) is 5.56 Å². The van der Waals surface area contributed by atoms with Crippen LogP contribution in [0.2, 0.25) is 0 Å². The fourth-order valence-corrected chi connectivity index (χ4v) is 6.19. The third kappa shape index (κ3) is 4.45. The second-order valence-electron chi connectivity index (χ2n) is 8.65. The molecule has 0 N–H and O–H groups in total. The minimum Gasteiger partial charge on any atom is -0.494 e. The molecule has 0 radical (unpaired) electrons. The summed E-state index contributed by atoms with van der Waals surface area (Å²) in [6.45, 7) is 7.23. The number of hydrogen-bond donors (Lipinski definition) is 0. The summed E-state index contributed by atoms with van der Waals surface area (Å²) in [5.41, 5.74) is 2.76. The molecule has 1 aliphatic heterocycles. The van der Waals surface area contributed by atoms with Crippen molar-refractivity contribution in [1.82, 2.24) is 9.55 Å². The third-order valence-electron chi connectivity index (χ3n) is 5.69. The van der Waals surface area contributed by atoms with Crippen molar-refractivity contribution >= 4 is 33.3 Å². The van der Waals surface area contributed by atoms with Gasteiger partial charge in [0, 0.05) is 17.1 Å². The van der Waals surface area contributed by atoms with Gasteiger partial charge in [0.15, 0.2) is 5.16 Å². The number of aromatic nitrogens is 2. The van der Waals surface area contributed by atoms with Crippen molar-refractivity contribution in [2.24, 2.45) is 0 Å². The van der Waals surface area contributed by atoms with Gasteiger partial charge in [-0.05, 0) is 56.2 Å². The molecule has 1 aliphatic rings. The fraction of sp³-hybridized carbons (Fsp3) is 0.308. The lowest BCUT2D eigenvalue weighted by Gasteiger charge is -2.29. The summed E-state index contributed by atoms with van der Waals surface area (Å²) in [4.78, 5) is 20.9. The van der Waals surface area contributed by atoms with Crippen LogP contribution in [0.1, 0.15) is 36.8 Å². The summed E-state index contributed by atoms with van der Waals surface area (Å²) in [5, 5.41) is 1.42. The zero-order valence-electron chi connectivity index (χ0n) is 19.0. The fourth-order valence-electron chi connectivity index (χ4n) is 4.08. The highest BCUT2D eigenvalue weighted by Crippen LogP contribution is 2.38. The second-order valence-corrected chi connectivity index (χ2v) is 10.7. The van der Waals surface area contributed by atoms with Crippen LogP contribution in [0.25, 0.3) is 15.9 Å². The Bertz CT molecular complexity index is 1340. The molecule has 170 valence electrons. The molecular weight excluding hydrogens is 452 g/mol. The first-order chi connectivity index (χ1) is 15.9. The summed E-state index contributed by atoms with van der Waals surface area (Å²) in [6, 6.07) is 17.9. The highest BCUT2D eigenvalue weighted by atomic mass is 32.2. The van der Waals surface area contributed by atoms with E-state index in [1.165, 1.54) is 5.56 Å². The molecule has 4 aromatic rings. The quantitative estimate of drug-likeness (QED) is 0.252. The largest absolute Gasteiger partial charge is 0.494 e. The first-order valence-electron chi connectivity index (χ1n) is 11.1. The number of ether oxygens (including phenoxy) is 2. The van der Waals surface area contributed by atoms with Gasteiger partial charge in [0.2, 0.25) is 0 Å². The molecular formula is C26H26N2O3S2. The van der Waals surface area contributed by atoms with Crippen molar-refractivity contribution in [3.05, 3.63) is 81.0 Å². The lowest BCUT2D eigenvalue weighted by molar-refractivity contribution is -0.0379. The van der Waals surface area contributed by atoms with Crippen LogP contribution in [0.3, 0.4) is 0 Å². The van der Waals surface area contributed by atoms with E-state index >= 15 is 0 Å². The zero-order chi connectivity index (χ0) is 23.0. The van der Waals surface area contributed by atoms with Gasteiger partial charge in [-0.2, -0.15) is 0 Å². The first-order valence-corrected chi connectivity index (χ1v) is 12.9. The van der Waals surface area contributed by atoms with Crippen LogP contribution in [-0.4, -0.2) is 21.8 Å². The Morgan fingerprint density at radius 3 is 2.64 bits per heavy atom. The Morgan fingerprint density at radius 1 is 1.15 bits per heavy atom. The van der Waals surface area contributed by atoms with Crippen LogP contribution < -0.4 is 10.3 Å². The lowest BCUT2D eigenvalue weighted by atomic mass is 9.94. The highest BCUT2D eigenvalue weighted by molar-refractivity contribution is 7.98. The Kier molecular flexibility index (Phi) is 6.03. The van der Waals surface area contributed by atoms with E-state index in [1.54, 1.807) is 27.7 Å². The summed E-state index contributed by atoms with van der Waals surface area (Å²) < 4.78 is 13.4. The zero-order valence-corrected chi connectivity index (χ0v) is 20.6. The molecule has 0 aliphatic carbocycles. The summed E-state index contributed by atoms with van der Waals surface area (Å²) in [7, 11) is 0. The van der Waals surface area contributed by atoms with Gasteiger partial charge in [-0.15, -0.1) is 11.3 Å². The minimum atomic E-state index is -0.294. The number of hydrogen-bond acceptors (Lipinski definition) is 6. The van der Waals surface area contributed by atoms with Crippen LogP contribution in [-0.2, 0) is 23.5 Å². The Morgan fingerprint density at radius 2 is 1.91 bits per heavy atom. The highest BCUT2D eigenvalue weighted by Gasteiger charge is 2.31. The maximum absolute atomic E-state index is 14.0. The van der Waals surface area contributed by atoms with Gasteiger partial charge < -0.3 is 9.47 Å². The van der Waals surface area contributed by atoms with Crippen molar-refractivity contribution in [3.63, 3.8) is 0 Å². The van der Waals surface area contributed by atoms with Crippen molar-refractivity contribution in [2.75, 3.05) is 6.61 Å². The third-order valence-corrected chi connectivity index (χ3v) is 7.80. The molecule has 0 atom stereocenters. The predicted molar refractivity (Wildman–Crippen MR) is 135 cm³/mol. The molecule has 33 heavy (non-hydrogen) atoms. The molecule has 0 bridgehead atoms. The maximum atomic E-state index is 14.0. The Balaban J connectivity index is 1.65. The number of thiophene rings is 1. The second kappa shape index (κ2) is 8.97. The monoisotopic (exact) mass is 478 g/mol. The van der Waals surface area contributed by atoms with E-state index in [2.05, 4.69) is 26.0 Å². The smallest absolute Gasteiger partial charge is 0.267 e. The molecule has 5 rings (SSSR count). The van der Waals surface area contributed by atoms with E-state index in [0.717, 1.165) is 37.8 Å². The number of rotatable bonds is 6. The number of fused-ring (bicyclic) bond motifs is 3. The van der Waals surface area contributed by atoms with Crippen LogP contribution in [0.15, 0.2) is 64.5 Å². The van der Waals surface area contributed by atoms with Gasteiger partial charge >= 0.3 is 0 Å². The average molecular weight is 479 g/mol. The topological polar surface area (TPSA) is 53.4 Å². The molecule has 2 aromatic carbocycles. The minimum absolute atomic E-state index is 0.0186. The molecule has 5 nitrogen and oxygen atoms in total. The first kappa shape index (κ1) is 22.2. The lowest BCUT2D eigenvalue weighted by Crippen LogP contribution is -2.32. The number of benzene rings is 2. The SMILES string of the molecule is CCOc1ccc(-n2c(SCc3ccccc3)nc3sc4c(c3c2=O)CC(C)(C)OC4)cc1. The van der Waals surface area contributed by atoms with Gasteiger partial charge in [-0.1, -0.05) is 42.1 Å². The van der Waals surface area contributed by atoms with Crippen molar-refractivity contribution in [2.45, 2.75) is 50.3 Å². The molecule has 2 aromatic heterocycles. The number of thioether (sulfide) groups is 1. The summed E-state index contributed by atoms with van der Waals surface area (Å²) in [6.07, 6.45) is 0.707. The van der Waals surface area contributed by atoms with Crippen molar-refractivity contribution in [1.29, 1.82) is 0 Å². The summed E-state index contributed by atoms with van der Waals surface area (Å²) >= 11 is 3.16. The maximum Gasteiger partial charge on any atom is 0.267 e. The molecule has 0 spiro atoms.